The first-order chi connectivity index (χ1) is 19.6. The van der Waals surface area contributed by atoms with Crippen molar-refractivity contribution in [1.82, 2.24) is 14.8 Å². The van der Waals surface area contributed by atoms with Gasteiger partial charge in [-0.15, -0.1) is 17.3 Å². The quantitative estimate of drug-likeness (QED) is 0.214. The molecule has 0 saturated heterocycles. The van der Waals surface area contributed by atoms with Crippen LogP contribution in [-0.4, -0.2) is 35.8 Å². The summed E-state index contributed by atoms with van der Waals surface area (Å²) in [6.07, 6.45) is 2.92. The van der Waals surface area contributed by atoms with Gasteiger partial charge in [0.1, 0.15) is 16.5 Å². The fraction of sp³-hybridized carbons (Fsp3) is 0.276. The molecule has 0 aliphatic heterocycles. The second-order valence-electron chi connectivity index (χ2n) is 9.63. The Morgan fingerprint density at radius 1 is 1.20 bits per heavy atom. The predicted molar refractivity (Wildman–Crippen MR) is 150 cm³/mol. The molecule has 4 aromatic rings. The van der Waals surface area contributed by atoms with Crippen molar-refractivity contribution in [3.63, 3.8) is 0 Å². The lowest BCUT2D eigenvalue weighted by Gasteiger charge is -2.10. The minimum absolute atomic E-state index is 0.158. The van der Waals surface area contributed by atoms with E-state index in [9.17, 15) is 22.0 Å². The van der Waals surface area contributed by atoms with Crippen LogP contribution in [0.3, 0.4) is 0 Å². The third-order valence-electron chi connectivity index (χ3n) is 6.61. The standard InChI is InChI=1S/C29H26F2N4O4S2/c1-3-5-19-15-20(9-10-22(19)30)27-21(12-18-8-11-26(23(31)13-18)41(32,37)38)25(14-17-6-7-17)35(34-27)29-33-24(16-40-29)28(36)39-4-2/h8-11,13,15-17H,4,6-7,12,14H2,1-2H3,(H2,32,37,38). The van der Waals surface area contributed by atoms with E-state index < -0.39 is 32.5 Å². The predicted octanol–water partition coefficient (Wildman–Crippen LogP) is 5.01. The molecule has 0 atom stereocenters. The van der Waals surface area contributed by atoms with Crippen molar-refractivity contribution in [3.05, 3.63) is 81.5 Å². The molecular formula is C29H26F2N4O4S2. The van der Waals surface area contributed by atoms with Gasteiger partial charge in [-0.25, -0.2) is 36.8 Å². The van der Waals surface area contributed by atoms with Crippen LogP contribution in [0.15, 0.2) is 46.7 Å². The number of rotatable bonds is 9. The second kappa shape index (κ2) is 11.5. The number of sulfonamides is 1. The number of thiazole rings is 1. The summed E-state index contributed by atoms with van der Waals surface area (Å²) in [5.41, 5.74) is 3.53. The summed E-state index contributed by atoms with van der Waals surface area (Å²) in [6.45, 7) is 3.54. The summed E-state index contributed by atoms with van der Waals surface area (Å²) in [6, 6.07) is 8.32. The third-order valence-corrected chi connectivity index (χ3v) is 8.37. The Hall–Kier alpha value is -3.92. The van der Waals surface area contributed by atoms with Crippen molar-refractivity contribution >= 4 is 27.3 Å². The lowest BCUT2D eigenvalue weighted by molar-refractivity contribution is 0.0520. The number of aromatic nitrogens is 3. The molecule has 0 radical (unpaired) electrons. The Balaban J connectivity index is 1.69. The first-order valence-corrected chi connectivity index (χ1v) is 15.3. The highest BCUT2D eigenvalue weighted by Gasteiger charge is 2.30. The molecule has 5 rings (SSSR count). The fourth-order valence-corrected chi connectivity index (χ4v) is 5.88. The van der Waals surface area contributed by atoms with E-state index in [-0.39, 0.29) is 24.3 Å². The van der Waals surface area contributed by atoms with Gasteiger partial charge in [0.15, 0.2) is 5.69 Å². The Morgan fingerprint density at radius 2 is 1.98 bits per heavy atom. The van der Waals surface area contributed by atoms with E-state index in [2.05, 4.69) is 16.8 Å². The molecule has 0 amide bonds. The largest absolute Gasteiger partial charge is 0.461 e. The van der Waals surface area contributed by atoms with E-state index in [1.165, 1.54) is 23.5 Å². The molecular weight excluding hydrogens is 570 g/mol. The van der Waals surface area contributed by atoms with Gasteiger partial charge in [-0.2, -0.15) is 5.10 Å². The molecule has 2 aromatic heterocycles. The molecule has 2 aromatic carbocycles. The molecule has 2 N–H and O–H groups in total. The third kappa shape index (κ3) is 6.22. The molecule has 1 fully saturated rings. The highest BCUT2D eigenvalue weighted by molar-refractivity contribution is 7.89. The zero-order chi connectivity index (χ0) is 29.3. The monoisotopic (exact) mass is 596 g/mol. The van der Waals surface area contributed by atoms with Gasteiger partial charge in [0.05, 0.1) is 23.6 Å². The minimum atomic E-state index is -4.23. The summed E-state index contributed by atoms with van der Waals surface area (Å²) in [7, 11) is -4.23. The van der Waals surface area contributed by atoms with Crippen molar-refractivity contribution in [1.29, 1.82) is 0 Å². The maximum absolute atomic E-state index is 14.8. The average Bonchev–Trinajstić information content (AvgIpc) is 3.48. The molecule has 12 heteroatoms. The number of ether oxygens (including phenoxy) is 1. The molecule has 8 nitrogen and oxygen atoms in total. The summed E-state index contributed by atoms with van der Waals surface area (Å²) in [4.78, 5) is 16.2. The Morgan fingerprint density at radius 3 is 2.63 bits per heavy atom. The van der Waals surface area contributed by atoms with Gasteiger partial charge >= 0.3 is 5.97 Å². The van der Waals surface area contributed by atoms with E-state index in [4.69, 9.17) is 15.0 Å². The Kier molecular flexibility index (Phi) is 8.04. The number of nitrogens with zero attached hydrogens (tertiary/aromatic N) is 3. The molecule has 1 aliphatic rings. The molecule has 1 aliphatic carbocycles. The zero-order valence-corrected chi connectivity index (χ0v) is 23.9. The van der Waals surface area contributed by atoms with Gasteiger partial charge in [-0.1, -0.05) is 12.0 Å². The second-order valence-corrected chi connectivity index (χ2v) is 12.0. The van der Waals surface area contributed by atoms with Crippen LogP contribution in [0.5, 0.6) is 0 Å². The van der Waals surface area contributed by atoms with Crippen LogP contribution < -0.4 is 5.14 Å². The maximum atomic E-state index is 14.8. The van der Waals surface area contributed by atoms with Crippen LogP contribution in [0.25, 0.3) is 16.4 Å². The summed E-state index contributed by atoms with van der Waals surface area (Å²) < 4.78 is 59.6. The highest BCUT2D eigenvalue weighted by Crippen LogP contribution is 2.38. The van der Waals surface area contributed by atoms with Crippen LogP contribution in [0.1, 0.15) is 59.6 Å². The molecule has 212 valence electrons. The average molecular weight is 597 g/mol. The van der Waals surface area contributed by atoms with E-state index in [0.29, 0.717) is 34.3 Å². The number of halogens is 2. The summed E-state index contributed by atoms with van der Waals surface area (Å²) >= 11 is 1.23. The molecule has 2 heterocycles. The van der Waals surface area contributed by atoms with Gasteiger partial charge in [-0.3, -0.25) is 0 Å². The number of esters is 1. The molecule has 0 bridgehead atoms. The minimum Gasteiger partial charge on any atom is -0.461 e. The number of benzene rings is 2. The number of hydrogen-bond donors (Lipinski definition) is 1. The van der Waals surface area contributed by atoms with Crippen LogP contribution in [-0.2, 0) is 27.6 Å². The number of nitrogens with two attached hydrogens (primary N) is 1. The number of primary sulfonamides is 1. The van der Waals surface area contributed by atoms with E-state index in [0.717, 1.165) is 36.2 Å². The van der Waals surface area contributed by atoms with Gasteiger partial charge in [0.25, 0.3) is 0 Å². The topological polar surface area (TPSA) is 117 Å². The van der Waals surface area contributed by atoms with Gasteiger partial charge in [-0.05, 0) is 74.9 Å². The van der Waals surface area contributed by atoms with Gasteiger partial charge < -0.3 is 4.74 Å². The van der Waals surface area contributed by atoms with Crippen LogP contribution in [0.4, 0.5) is 8.78 Å². The normalized spacial score (nSPS) is 13.1. The Labute approximate surface area is 240 Å². The van der Waals surface area contributed by atoms with Crippen LogP contribution >= 0.6 is 11.3 Å². The maximum Gasteiger partial charge on any atom is 0.357 e. The van der Waals surface area contributed by atoms with Crippen LogP contribution in [0, 0.1) is 29.4 Å². The van der Waals surface area contributed by atoms with E-state index in [1.807, 2.05) is 0 Å². The molecule has 1 saturated carbocycles. The number of carbonyl (C=O) groups excluding carboxylic acids is 1. The van der Waals surface area contributed by atoms with Crippen molar-refractivity contribution in [3.8, 4) is 28.2 Å². The SMILES string of the molecule is CC#Cc1cc(-c2nn(-c3nc(C(=O)OCC)cs3)c(CC3CC3)c2Cc2ccc(S(N)(=O)=O)c(F)c2)ccc1F. The fourth-order valence-electron chi connectivity index (χ4n) is 4.52. The lowest BCUT2D eigenvalue weighted by Crippen LogP contribution is -2.14. The zero-order valence-electron chi connectivity index (χ0n) is 22.3. The smallest absolute Gasteiger partial charge is 0.357 e. The van der Waals surface area contributed by atoms with Crippen molar-refractivity contribution < 1.29 is 26.7 Å². The molecule has 41 heavy (non-hydrogen) atoms. The van der Waals surface area contributed by atoms with E-state index >= 15 is 0 Å². The highest BCUT2D eigenvalue weighted by atomic mass is 32.2. The van der Waals surface area contributed by atoms with Gasteiger partial charge in [0, 0.05) is 22.9 Å². The number of hydrogen-bond acceptors (Lipinski definition) is 7. The first-order valence-electron chi connectivity index (χ1n) is 12.9. The van der Waals surface area contributed by atoms with Crippen molar-refractivity contribution in [2.24, 2.45) is 11.1 Å². The molecule has 0 unspecified atom stereocenters. The first kappa shape index (κ1) is 28.6. The van der Waals surface area contributed by atoms with Crippen molar-refractivity contribution in [2.45, 2.75) is 44.4 Å². The van der Waals surface area contributed by atoms with E-state index in [1.54, 1.807) is 36.0 Å². The van der Waals surface area contributed by atoms with Crippen LogP contribution in [0.2, 0.25) is 0 Å². The van der Waals surface area contributed by atoms with Crippen molar-refractivity contribution in [2.75, 3.05) is 6.61 Å². The summed E-state index contributed by atoms with van der Waals surface area (Å²) in [5.74, 6) is 3.93. The summed E-state index contributed by atoms with van der Waals surface area (Å²) in [5, 5.41) is 12.1. The molecule has 0 spiro atoms. The number of carbonyl (C=O) groups is 1. The Bertz CT molecular complexity index is 1820. The van der Waals surface area contributed by atoms with Gasteiger partial charge in [0.2, 0.25) is 15.2 Å². The lowest BCUT2D eigenvalue weighted by atomic mass is 9.96.